The summed E-state index contributed by atoms with van der Waals surface area (Å²) >= 11 is 0. The molecule has 1 heterocycles. The quantitative estimate of drug-likeness (QED) is 0.638. The van der Waals surface area contributed by atoms with Crippen molar-refractivity contribution >= 4 is 11.9 Å². The SMILES string of the molecule is CCOC(=O)CCC1CCCN(CCC(=O)OCC)C1. The van der Waals surface area contributed by atoms with Gasteiger partial charge < -0.3 is 14.4 Å². The van der Waals surface area contributed by atoms with Gasteiger partial charge in [-0.2, -0.15) is 0 Å². The van der Waals surface area contributed by atoms with Crippen LogP contribution in [0.1, 0.15) is 46.0 Å². The molecule has 0 aromatic rings. The topological polar surface area (TPSA) is 55.8 Å². The number of esters is 2. The zero-order valence-corrected chi connectivity index (χ0v) is 12.7. The van der Waals surface area contributed by atoms with Crippen LogP contribution in [-0.4, -0.2) is 49.7 Å². The van der Waals surface area contributed by atoms with Crippen LogP contribution in [0.4, 0.5) is 0 Å². The first-order chi connectivity index (χ1) is 9.65. The van der Waals surface area contributed by atoms with Crippen LogP contribution >= 0.6 is 0 Å². The van der Waals surface area contributed by atoms with Crippen LogP contribution in [0.2, 0.25) is 0 Å². The van der Waals surface area contributed by atoms with Gasteiger partial charge in [0.15, 0.2) is 0 Å². The van der Waals surface area contributed by atoms with Gasteiger partial charge in [0, 0.05) is 19.5 Å². The van der Waals surface area contributed by atoms with Crippen molar-refractivity contribution in [3.05, 3.63) is 0 Å². The Morgan fingerprint density at radius 3 is 2.40 bits per heavy atom. The maximum absolute atomic E-state index is 11.4. The number of nitrogens with zero attached hydrogens (tertiary/aromatic N) is 1. The smallest absolute Gasteiger partial charge is 0.307 e. The number of likely N-dealkylation sites (tertiary alicyclic amines) is 1. The lowest BCUT2D eigenvalue weighted by atomic mass is 9.93. The van der Waals surface area contributed by atoms with Gasteiger partial charge in [0.25, 0.3) is 0 Å². The highest BCUT2D eigenvalue weighted by Crippen LogP contribution is 2.21. The molecule has 0 saturated carbocycles. The molecule has 0 aromatic carbocycles. The third-order valence-corrected chi connectivity index (χ3v) is 3.60. The van der Waals surface area contributed by atoms with E-state index in [-0.39, 0.29) is 11.9 Å². The van der Waals surface area contributed by atoms with Crippen molar-refractivity contribution in [3.8, 4) is 0 Å². The minimum absolute atomic E-state index is 0.101. The lowest BCUT2D eigenvalue weighted by Gasteiger charge is -2.32. The Hall–Kier alpha value is -1.10. The van der Waals surface area contributed by atoms with Crippen LogP contribution < -0.4 is 0 Å². The van der Waals surface area contributed by atoms with Crippen LogP contribution in [0.3, 0.4) is 0 Å². The predicted molar refractivity (Wildman–Crippen MR) is 76.3 cm³/mol. The van der Waals surface area contributed by atoms with E-state index < -0.39 is 0 Å². The zero-order valence-electron chi connectivity index (χ0n) is 12.7. The van der Waals surface area contributed by atoms with Gasteiger partial charge in [-0.25, -0.2) is 0 Å². The van der Waals surface area contributed by atoms with Crippen molar-refractivity contribution in [2.75, 3.05) is 32.8 Å². The summed E-state index contributed by atoms with van der Waals surface area (Å²) in [7, 11) is 0. The second-order valence-corrected chi connectivity index (χ2v) is 5.21. The highest BCUT2D eigenvalue weighted by Gasteiger charge is 2.21. The third kappa shape index (κ3) is 6.89. The van der Waals surface area contributed by atoms with Gasteiger partial charge in [0.2, 0.25) is 0 Å². The lowest BCUT2D eigenvalue weighted by Crippen LogP contribution is -2.37. The first-order valence-electron chi connectivity index (χ1n) is 7.69. The summed E-state index contributed by atoms with van der Waals surface area (Å²) in [5.41, 5.74) is 0. The molecule has 20 heavy (non-hydrogen) atoms. The van der Waals surface area contributed by atoms with E-state index in [9.17, 15) is 9.59 Å². The maximum Gasteiger partial charge on any atom is 0.307 e. The molecule has 0 N–H and O–H groups in total. The molecule has 5 nitrogen and oxygen atoms in total. The standard InChI is InChI=1S/C15H27NO4/c1-3-19-14(17)8-7-13-6-5-10-16(12-13)11-9-15(18)20-4-2/h13H,3-12H2,1-2H3. The van der Waals surface area contributed by atoms with Gasteiger partial charge in [-0.05, 0) is 45.6 Å². The second-order valence-electron chi connectivity index (χ2n) is 5.21. The highest BCUT2D eigenvalue weighted by atomic mass is 16.5. The van der Waals surface area contributed by atoms with Gasteiger partial charge >= 0.3 is 11.9 Å². The molecule has 0 spiro atoms. The monoisotopic (exact) mass is 285 g/mol. The fourth-order valence-corrected chi connectivity index (χ4v) is 2.63. The third-order valence-electron chi connectivity index (χ3n) is 3.60. The molecule has 1 aliphatic heterocycles. The van der Waals surface area contributed by atoms with Crippen LogP contribution in [0, 0.1) is 5.92 Å². The Kier molecular flexibility index (Phi) is 8.26. The normalized spacial score (nSPS) is 19.6. The summed E-state index contributed by atoms with van der Waals surface area (Å²) in [6.07, 6.45) is 4.14. The summed E-state index contributed by atoms with van der Waals surface area (Å²) < 4.78 is 9.89. The van der Waals surface area contributed by atoms with Crippen molar-refractivity contribution in [2.24, 2.45) is 5.92 Å². The van der Waals surface area contributed by atoms with Gasteiger partial charge in [0.05, 0.1) is 19.6 Å². The Morgan fingerprint density at radius 2 is 1.75 bits per heavy atom. The molecule has 1 rings (SSSR count). The molecule has 0 aliphatic carbocycles. The molecule has 1 saturated heterocycles. The van der Waals surface area contributed by atoms with E-state index in [1.165, 1.54) is 0 Å². The van der Waals surface area contributed by atoms with Crippen LogP contribution in [0.5, 0.6) is 0 Å². The van der Waals surface area contributed by atoms with Gasteiger partial charge in [0.1, 0.15) is 0 Å². The van der Waals surface area contributed by atoms with Crippen molar-refractivity contribution in [1.82, 2.24) is 4.90 Å². The first-order valence-corrected chi connectivity index (χ1v) is 7.69. The lowest BCUT2D eigenvalue weighted by molar-refractivity contribution is -0.144. The van der Waals surface area contributed by atoms with E-state index in [4.69, 9.17) is 9.47 Å². The number of ether oxygens (including phenoxy) is 2. The molecule has 0 aromatic heterocycles. The fourth-order valence-electron chi connectivity index (χ4n) is 2.63. The summed E-state index contributed by atoms with van der Waals surface area (Å²) in [5, 5.41) is 0. The van der Waals surface area contributed by atoms with Crippen molar-refractivity contribution in [3.63, 3.8) is 0 Å². The minimum Gasteiger partial charge on any atom is -0.466 e. The van der Waals surface area contributed by atoms with Gasteiger partial charge in [-0.1, -0.05) is 0 Å². The Balaban J connectivity index is 2.21. The summed E-state index contributed by atoms with van der Waals surface area (Å²) in [6, 6.07) is 0. The Labute approximate surface area is 121 Å². The van der Waals surface area contributed by atoms with Gasteiger partial charge in [-0.3, -0.25) is 9.59 Å². The Bertz CT molecular complexity index is 278. The molecule has 0 amide bonds. The van der Waals surface area contributed by atoms with E-state index in [0.29, 0.717) is 32.0 Å². The average Bonchev–Trinajstić information content (AvgIpc) is 2.44. The number of hydrogen-bond donors (Lipinski definition) is 0. The highest BCUT2D eigenvalue weighted by molar-refractivity contribution is 5.69. The molecule has 0 bridgehead atoms. The molecule has 1 fully saturated rings. The first kappa shape index (κ1) is 17.0. The molecule has 1 unspecified atom stereocenters. The summed E-state index contributed by atoms with van der Waals surface area (Å²) in [6.45, 7) is 7.32. The molecule has 1 aliphatic rings. The van der Waals surface area contributed by atoms with Gasteiger partial charge in [-0.15, -0.1) is 0 Å². The minimum atomic E-state index is -0.124. The number of carbonyl (C=O) groups excluding carboxylic acids is 2. The number of rotatable bonds is 8. The van der Waals surface area contributed by atoms with Crippen LogP contribution in [0.15, 0.2) is 0 Å². The molecular formula is C15H27NO4. The largest absolute Gasteiger partial charge is 0.466 e. The fraction of sp³-hybridized carbons (Fsp3) is 0.867. The van der Waals surface area contributed by atoms with Crippen molar-refractivity contribution in [2.45, 2.75) is 46.0 Å². The molecule has 1 atom stereocenters. The van der Waals surface area contributed by atoms with E-state index in [1.54, 1.807) is 0 Å². The predicted octanol–water partition coefficient (Wildman–Crippen LogP) is 1.99. The molecule has 0 radical (unpaired) electrons. The van der Waals surface area contributed by atoms with E-state index >= 15 is 0 Å². The molecule has 116 valence electrons. The summed E-state index contributed by atoms with van der Waals surface area (Å²) in [5.74, 6) is 0.313. The number of carbonyl (C=O) groups is 2. The number of piperidine rings is 1. The van der Waals surface area contributed by atoms with E-state index in [0.717, 1.165) is 38.9 Å². The molecule has 5 heteroatoms. The van der Waals surface area contributed by atoms with Crippen molar-refractivity contribution in [1.29, 1.82) is 0 Å². The van der Waals surface area contributed by atoms with E-state index in [2.05, 4.69) is 4.90 Å². The van der Waals surface area contributed by atoms with Crippen LogP contribution in [-0.2, 0) is 19.1 Å². The van der Waals surface area contributed by atoms with Crippen molar-refractivity contribution < 1.29 is 19.1 Å². The average molecular weight is 285 g/mol. The molecular weight excluding hydrogens is 258 g/mol. The number of hydrogen-bond acceptors (Lipinski definition) is 5. The zero-order chi connectivity index (χ0) is 14.8. The summed E-state index contributed by atoms with van der Waals surface area (Å²) in [4.78, 5) is 25.0. The Morgan fingerprint density at radius 1 is 1.10 bits per heavy atom. The second kappa shape index (κ2) is 9.75. The van der Waals surface area contributed by atoms with E-state index in [1.807, 2.05) is 13.8 Å². The maximum atomic E-state index is 11.4. The van der Waals surface area contributed by atoms with Crippen LogP contribution in [0.25, 0.3) is 0 Å².